The Morgan fingerprint density at radius 1 is 1.26 bits per heavy atom. The van der Waals surface area contributed by atoms with Gasteiger partial charge in [0.25, 0.3) is 5.56 Å². The molecule has 2 fully saturated rings. The molecule has 0 bridgehead atoms. The van der Waals surface area contributed by atoms with Gasteiger partial charge in [0.1, 0.15) is 4.83 Å². The number of thiophene rings is 1. The molecule has 0 N–H and O–H groups in total. The van der Waals surface area contributed by atoms with Gasteiger partial charge in [-0.05, 0) is 57.4 Å². The van der Waals surface area contributed by atoms with E-state index in [9.17, 15) is 9.59 Å². The van der Waals surface area contributed by atoms with Crippen LogP contribution in [0.25, 0.3) is 10.2 Å². The van der Waals surface area contributed by atoms with Crippen LogP contribution in [0.4, 0.5) is 0 Å². The molecule has 6 nitrogen and oxygen atoms in total. The van der Waals surface area contributed by atoms with Crippen LogP contribution in [-0.2, 0) is 22.5 Å². The lowest BCUT2D eigenvalue weighted by atomic mass is 10.0. The second kappa shape index (κ2) is 10.0. The van der Waals surface area contributed by atoms with E-state index in [1.807, 2.05) is 4.90 Å². The first-order chi connectivity index (χ1) is 15.0. The van der Waals surface area contributed by atoms with Crippen molar-refractivity contribution in [2.75, 3.05) is 18.9 Å². The zero-order chi connectivity index (χ0) is 22.0. The van der Waals surface area contributed by atoms with E-state index in [1.54, 1.807) is 15.9 Å². The van der Waals surface area contributed by atoms with Gasteiger partial charge in [0.05, 0.1) is 23.8 Å². The molecular weight excluding hydrogens is 430 g/mol. The first-order valence-electron chi connectivity index (χ1n) is 11.6. The average Bonchev–Trinajstić information content (AvgIpc) is 3.41. The smallest absolute Gasteiger partial charge is 0.263 e. The largest absolute Gasteiger partial charge is 0.376 e. The van der Waals surface area contributed by atoms with Gasteiger partial charge in [0.15, 0.2) is 5.16 Å². The number of nitrogens with zero attached hydrogens (tertiary/aromatic N) is 3. The van der Waals surface area contributed by atoms with Gasteiger partial charge in [0.2, 0.25) is 5.91 Å². The number of thioether (sulfide) groups is 1. The molecule has 2 aliphatic heterocycles. The number of rotatable bonds is 7. The predicted octanol–water partition coefficient (Wildman–Crippen LogP) is 4.39. The minimum atomic E-state index is 0.0149. The van der Waals surface area contributed by atoms with Crippen LogP contribution in [0.2, 0.25) is 0 Å². The fourth-order valence-electron chi connectivity index (χ4n) is 4.88. The Morgan fingerprint density at radius 3 is 2.81 bits per heavy atom. The third-order valence-electron chi connectivity index (χ3n) is 6.58. The Hall–Kier alpha value is -1.38. The second-order valence-corrected chi connectivity index (χ2v) is 10.7. The number of ether oxygens (including phenoxy) is 1. The molecule has 2 aromatic heterocycles. The molecule has 0 unspecified atom stereocenters. The number of carbonyl (C=O) groups excluding carboxylic acids is 1. The standard InChI is InChI=1S/C23H33N3O3S2/c1-4-16-9-6-7-11-25(16)19(27)14-30-23-24-21-20(18(5-2)15(3)31-21)22(28)26(23)13-17-10-8-12-29-17/h16-17H,4-14H2,1-3H3/t16-,17+/m0/s1. The third-order valence-corrected chi connectivity index (χ3v) is 8.59. The summed E-state index contributed by atoms with van der Waals surface area (Å²) in [6.07, 6.45) is 7.23. The van der Waals surface area contributed by atoms with Crippen molar-refractivity contribution in [1.82, 2.24) is 14.5 Å². The van der Waals surface area contributed by atoms with Gasteiger partial charge in [-0.1, -0.05) is 25.6 Å². The summed E-state index contributed by atoms with van der Waals surface area (Å²) < 4.78 is 7.59. The van der Waals surface area contributed by atoms with Crippen LogP contribution in [-0.4, -0.2) is 51.4 Å². The maximum absolute atomic E-state index is 13.5. The highest BCUT2D eigenvalue weighted by atomic mass is 32.2. The first-order valence-corrected chi connectivity index (χ1v) is 13.4. The van der Waals surface area contributed by atoms with E-state index in [0.717, 1.165) is 72.3 Å². The summed E-state index contributed by atoms with van der Waals surface area (Å²) in [6, 6.07) is 0.346. The molecule has 2 aliphatic rings. The van der Waals surface area contributed by atoms with Gasteiger partial charge in [-0.25, -0.2) is 4.98 Å². The van der Waals surface area contributed by atoms with Gasteiger partial charge in [-0.2, -0.15) is 0 Å². The molecule has 0 aromatic carbocycles. The predicted molar refractivity (Wildman–Crippen MR) is 127 cm³/mol. The van der Waals surface area contributed by atoms with Gasteiger partial charge in [-0.15, -0.1) is 11.3 Å². The molecule has 4 rings (SSSR count). The van der Waals surface area contributed by atoms with E-state index in [0.29, 0.717) is 23.5 Å². The van der Waals surface area contributed by atoms with Crippen molar-refractivity contribution in [3.05, 3.63) is 20.8 Å². The number of amides is 1. The Kier molecular flexibility index (Phi) is 7.39. The summed E-state index contributed by atoms with van der Waals surface area (Å²) >= 11 is 2.99. The van der Waals surface area contributed by atoms with Crippen molar-refractivity contribution in [2.24, 2.45) is 0 Å². The molecule has 8 heteroatoms. The van der Waals surface area contributed by atoms with Crippen molar-refractivity contribution >= 4 is 39.2 Å². The number of aromatic nitrogens is 2. The lowest BCUT2D eigenvalue weighted by Crippen LogP contribution is -2.44. The maximum atomic E-state index is 13.5. The van der Waals surface area contributed by atoms with Crippen molar-refractivity contribution in [3.63, 3.8) is 0 Å². The highest BCUT2D eigenvalue weighted by Gasteiger charge is 2.27. The van der Waals surface area contributed by atoms with Crippen LogP contribution in [0.5, 0.6) is 0 Å². The van der Waals surface area contributed by atoms with E-state index in [-0.39, 0.29) is 17.6 Å². The Morgan fingerprint density at radius 2 is 2.10 bits per heavy atom. The summed E-state index contributed by atoms with van der Waals surface area (Å²) in [5.41, 5.74) is 1.12. The van der Waals surface area contributed by atoms with E-state index in [4.69, 9.17) is 9.72 Å². The molecule has 0 saturated carbocycles. The number of fused-ring (bicyclic) bond motifs is 1. The van der Waals surface area contributed by atoms with Crippen molar-refractivity contribution in [2.45, 2.75) is 89.6 Å². The molecule has 2 saturated heterocycles. The van der Waals surface area contributed by atoms with Crippen molar-refractivity contribution in [1.29, 1.82) is 0 Å². The van der Waals surface area contributed by atoms with E-state index in [1.165, 1.54) is 18.2 Å². The fourth-order valence-corrected chi connectivity index (χ4v) is 6.93. The van der Waals surface area contributed by atoms with Crippen molar-refractivity contribution in [3.8, 4) is 0 Å². The summed E-state index contributed by atoms with van der Waals surface area (Å²) in [5.74, 6) is 0.483. The van der Waals surface area contributed by atoms with E-state index in [2.05, 4.69) is 20.8 Å². The van der Waals surface area contributed by atoms with Crippen LogP contribution in [0.15, 0.2) is 9.95 Å². The number of aryl methyl sites for hydroxylation is 2. The molecule has 0 radical (unpaired) electrons. The SMILES string of the molecule is CCc1c(C)sc2nc(SCC(=O)N3CCCC[C@@H]3CC)n(C[C@H]3CCCO3)c(=O)c12. The minimum absolute atomic E-state index is 0.0149. The quantitative estimate of drug-likeness (QED) is 0.450. The Balaban J connectivity index is 1.63. The second-order valence-electron chi connectivity index (χ2n) is 8.55. The summed E-state index contributed by atoms with van der Waals surface area (Å²) in [7, 11) is 0. The molecule has 2 aromatic rings. The first kappa shape index (κ1) is 22.8. The zero-order valence-electron chi connectivity index (χ0n) is 18.8. The monoisotopic (exact) mass is 463 g/mol. The highest BCUT2D eigenvalue weighted by Crippen LogP contribution is 2.30. The van der Waals surface area contributed by atoms with Gasteiger partial charge in [0, 0.05) is 24.1 Å². The fraction of sp³-hybridized carbons (Fsp3) is 0.696. The third kappa shape index (κ3) is 4.71. The number of piperidine rings is 1. The average molecular weight is 464 g/mol. The molecule has 0 aliphatic carbocycles. The molecule has 170 valence electrons. The zero-order valence-corrected chi connectivity index (χ0v) is 20.4. The lowest BCUT2D eigenvalue weighted by molar-refractivity contribution is -0.132. The van der Waals surface area contributed by atoms with Crippen LogP contribution < -0.4 is 5.56 Å². The summed E-state index contributed by atoms with van der Waals surface area (Å²) in [4.78, 5) is 35.4. The highest BCUT2D eigenvalue weighted by molar-refractivity contribution is 7.99. The van der Waals surface area contributed by atoms with Crippen LogP contribution in [0.3, 0.4) is 0 Å². The number of hydrogen-bond acceptors (Lipinski definition) is 6. The van der Waals surface area contributed by atoms with Crippen molar-refractivity contribution < 1.29 is 9.53 Å². The summed E-state index contributed by atoms with van der Waals surface area (Å²) in [6.45, 7) is 8.41. The number of carbonyl (C=O) groups is 1. The van der Waals surface area contributed by atoms with Gasteiger partial charge >= 0.3 is 0 Å². The Bertz CT molecular complexity index is 994. The van der Waals surface area contributed by atoms with Gasteiger partial charge in [-0.3, -0.25) is 14.2 Å². The van der Waals surface area contributed by atoms with Crippen LogP contribution in [0, 0.1) is 6.92 Å². The molecule has 4 heterocycles. The number of likely N-dealkylation sites (tertiary alicyclic amines) is 1. The van der Waals surface area contributed by atoms with E-state index < -0.39 is 0 Å². The number of hydrogen-bond donors (Lipinski definition) is 0. The minimum Gasteiger partial charge on any atom is -0.376 e. The topological polar surface area (TPSA) is 64.4 Å². The molecule has 31 heavy (non-hydrogen) atoms. The Labute approximate surface area is 192 Å². The van der Waals surface area contributed by atoms with Crippen LogP contribution >= 0.6 is 23.1 Å². The molecule has 0 spiro atoms. The normalized spacial score (nSPS) is 21.8. The lowest BCUT2D eigenvalue weighted by Gasteiger charge is -2.35. The maximum Gasteiger partial charge on any atom is 0.263 e. The van der Waals surface area contributed by atoms with E-state index >= 15 is 0 Å². The molecular formula is C23H33N3O3S2. The molecule has 1 amide bonds. The molecule has 2 atom stereocenters. The summed E-state index contributed by atoms with van der Waals surface area (Å²) in [5, 5.41) is 1.40. The van der Waals surface area contributed by atoms with Crippen LogP contribution in [0.1, 0.15) is 62.8 Å². The van der Waals surface area contributed by atoms with Gasteiger partial charge < -0.3 is 9.64 Å².